The van der Waals surface area contributed by atoms with Crippen LogP contribution in [0.5, 0.6) is 0 Å². The summed E-state index contributed by atoms with van der Waals surface area (Å²) in [5.74, 6) is -1.61. The highest BCUT2D eigenvalue weighted by Crippen LogP contribution is 2.32. The molecule has 1 aromatic rings. The molecule has 2 rings (SSSR count). The van der Waals surface area contributed by atoms with Crippen LogP contribution in [-0.4, -0.2) is 44.1 Å². The normalized spacial score (nSPS) is 18.9. The molecular formula is C13H14N2O4S. The zero-order chi connectivity index (χ0) is 14.9. The van der Waals surface area contributed by atoms with E-state index in [4.69, 9.17) is 5.11 Å². The van der Waals surface area contributed by atoms with E-state index in [2.05, 4.69) is 4.98 Å². The number of hydrogen-bond acceptors (Lipinski definition) is 5. The molecule has 0 bridgehead atoms. The Kier molecular flexibility index (Phi) is 4.08. The summed E-state index contributed by atoms with van der Waals surface area (Å²) in [7, 11) is 0. The van der Waals surface area contributed by atoms with E-state index < -0.39 is 11.2 Å². The predicted molar refractivity (Wildman–Crippen MR) is 72.4 cm³/mol. The summed E-state index contributed by atoms with van der Waals surface area (Å²) in [4.78, 5) is 40.3. The molecule has 0 aliphatic carbocycles. The van der Waals surface area contributed by atoms with Crippen LogP contribution in [0.3, 0.4) is 0 Å². The smallest absolute Gasteiger partial charge is 0.338 e. The number of thioether (sulfide) groups is 1. The number of hydrogen-bond donors (Lipinski definition) is 1. The fourth-order valence-corrected chi connectivity index (χ4v) is 3.15. The SMILES string of the molecule is CC(C)N1C(=O)C[C@@H](Sc2ncccc2C(=O)O)C1=O. The van der Waals surface area contributed by atoms with Gasteiger partial charge in [0, 0.05) is 18.7 Å². The van der Waals surface area contributed by atoms with Crippen LogP contribution in [0.2, 0.25) is 0 Å². The molecular weight excluding hydrogens is 280 g/mol. The van der Waals surface area contributed by atoms with Gasteiger partial charge in [0.2, 0.25) is 11.8 Å². The first kappa shape index (κ1) is 14.5. The van der Waals surface area contributed by atoms with E-state index in [0.717, 1.165) is 11.8 Å². The maximum Gasteiger partial charge on any atom is 0.338 e. The first-order valence-electron chi connectivity index (χ1n) is 6.12. The average Bonchev–Trinajstić information content (AvgIpc) is 2.64. The molecule has 1 aliphatic heterocycles. The first-order chi connectivity index (χ1) is 9.41. The third-order valence-corrected chi connectivity index (χ3v) is 4.11. The highest BCUT2D eigenvalue weighted by Gasteiger charge is 2.41. The number of likely N-dealkylation sites (tertiary alicyclic amines) is 1. The number of carboxylic acids is 1. The predicted octanol–water partition coefficient (Wildman–Crippen LogP) is 1.41. The van der Waals surface area contributed by atoms with E-state index in [-0.39, 0.29) is 34.9 Å². The first-order valence-corrected chi connectivity index (χ1v) is 7.00. The van der Waals surface area contributed by atoms with Crippen molar-refractivity contribution in [1.29, 1.82) is 0 Å². The lowest BCUT2D eigenvalue weighted by Gasteiger charge is -2.18. The minimum atomic E-state index is -1.10. The van der Waals surface area contributed by atoms with Crippen molar-refractivity contribution in [2.24, 2.45) is 0 Å². The van der Waals surface area contributed by atoms with Crippen LogP contribution in [0.1, 0.15) is 30.6 Å². The average molecular weight is 294 g/mol. The van der Waals surface area contributed by atoms with Crippen molar-refractivity contribution in [2.75, 3.05) is 0 Å². The number of aromatic carboxylic acids is 1. The molecule has 0 aromatic carbocycles. The lowest BCUT2D eigenvalue weighted by atomic mass is 10.3. The molecule has 6 nitrogen and oxygen atoms in total. The number of carbonyl (C=O) groups excluding carboxylic acids is 2. The number of rotatable bonds is 4. The maximum absolute atomic E-state index is 12.2. The molecule has 1 saturated heterocycles. The minimum absolute atomic E-state index is 0.0424. The van der Waals surface area contributed by atoms with Crippen LogP contribution in [0.25, 0.3) is 0 Å². The second-order valence-electron chi connectivity index (χ2n) is 4.67. The largest absolute Gasteiger partial charge is 0.478 e. The zero-order valence-corrected chi connectivity index (χ0v) is 11.9. The Bertz CT molecular complexity index is 573. The molecule has 7 heteroatoms. The standard InChI is InChI=1S/C13H14N2O4S/c1-7(2)15-10(16)6-9(12(15)17)20-11-8(13(18)19)4-3-5-14-11/h3-5,7,9H,6H2,1-2H3,(H,18,19)/t9-/m1/s1. The van der Waals surface area contributed by atoms with Gasteiger partial charge in [0.05, 0.1) is 10.8 Å². The lowest BCUT2D eigenvalue weighted by Crippen LogP contribution is -2.37. The molecule has 0 radical (unpaired) electrons. The number of nitrogens with zero attached hydrogens (tertiary/aromatic N) is 2. The third kappa shape index (κ3) is 2.67. The summed E-state index contributed by atoms with van der Waals surface area (Å²) in [5, 5.41) is 8.74. The molecule has 20 heavy (non-hydrogen) atoms. The molecule has 1 aliphatic rings. The number of pyridine rings is 1. The van der Waals surface area contributed by atoms with Crippen LogP contribution in [0.15, 0.2) is 23.4 Å². The van der Waals surface area contributed by atoms with Gasteiger partial charge in [-0.1, -0.05) is 11.8 Å². The van der Waals surface area contributed by atoms with Gasteiger partial charge in [-0.25, -0.2) is 9.78 Å². The number of carbonyl (C=O) groups is 3. The molecule has 1 N–H and O–H groups in total. The number of imide groups is 1. The van der Waals surface area contributed by atoms with Gasteiger partial charge in [0.15, 0.2) is 0 Å². The third-order valence-electron chi connectivity index (χ3n) is 2.91. The zero-order valence-electron chi connectivity index (χ0n) is 11.1. The Labute approximate surface area is 120 Å². The Morgan fingerprint density at radius 2 is 2.20 bits per heavy atom. The van der Waals surface area contributed by atoms with Crippen LogP contribution < -0.4 is 0 Å². The van der Waals surface area contributed by atoms with Crippen molar-refractivity contribution < 1.29 is 19.5 Å². The fourth-order valence-electron chi connectivity index (χ4n) is 2.04. The van der Waals surface area contributed by atoms with E-state index in [0.29, 0.717) is 0 Å². The van der Waals surface area contributed by atoms with E-state index in [9.17, 15) is 14.4 Å². The van der Waals surface area contributed by atoms with Crippen LogP contribution in [0, 0.1) is 0 Å². The summed E-state index contributed by atoms with van der Waals surface area (Å²) in [6.45, 7) is 3.54. The summed E-state index contributed by atoms with van der Waals surface area (Å²) in [6, 6.07) is 2.76. The topological polar surface area (TPSA) is 87.6 Å². The van der Waals surface area contributed by atoms with E-state index in [1.54, 1.807) is 13.8 Å². The lowest BCUT2D eigenvalue weighted by molar-refractivity contribution is -0.140. The Morgan fingerprint density at radius 1 is 1.50 bits per heavy atom. The van der Waals surface area contributed by atoms with Crippen LogP contribution in [-0.2, 0) is 9.59 Å². The second-order valence-corrected chi connectivity index (χ2v) is 5.86. The molecule has 0 unspecified atom stereocenters. The second kappa shape index (κ2) is 5.62. The van der Waals surface area contributed by atoms with Gasteiger partial charge in [-0.05, 0) is 26.0 Å². The Hall–Kier alpha value is -1.89. The van der Waals surface area contributed by atoms with Crippen LogP contribution in [0.4, 0.5) is 0 Å². The van der Waals surface area contributed by atoms with Crippen molar-refractivity contribution in [3.8, 4) is 0 Å². The quantitative estimate of drug-likeness (QED) is 0.845. The monoisotopic (exact) mass is 294 g/mol. The minimum Gasteiger partial charge on any atom is -0.478 e. The molecule has 0 spiro atoms. The van der Waals surface area contributed by atoms with Gasteiger partial charge in [0.25, 0.3) is 0 Å². The summed E-state index contributed by atoms with van der Waals surface area (Å²) in [5.41, 5.74) is 0.0424. The van der Waals surface area contributed by atoms with Crippen molar-refractivity contribution in [1.82, 2.24) is 9.88 Å². The molecule has 2 heterocycles. The van der Waals surface area contributed by atoms with Gasteiger partial charge in [-0.2, -0.15) is 0 Å². The number of carboxylic acid groups (broad SMARTS) is 1. The van der Waals surface area contributed by atoms with Gasteiger partial charge in [0.1, 0.15) is 5.03 Å². The fraction of sp³-hybridized carbons (Fsp3) is 0.385. The summed E-state index contributed by atoms with van der Waals surface area (Å²) >= 11 is 1.04. The molecule has 0 saturated carbocycles. The van der Waals surface area contributed by atoms with E-state index in [1.807, 2.05) is 0 Å². The van der Waals surface area contributed by atoms with Gasteiger partial charge in [-0.3, -0.25) is 14.5 Å². The molecule has 106 valence electrons. The van der Waals surface area contributed by atoms with E-state index in [1.165, 1.54) is 23.2 Å². The molecule has 2 amide bonds. The van der Waals surface area contributed by atoms with Gasteiger partial charge in [-0.15, -0.1) is 0 Å². The maximum atomic E-state index is 12.2. The highest BCUT2D eigenvalue weighted by molar-refractivity contribution is 8.00. The van der Waals surface area contributed by atoms with Crippen molar-refractivity contribution in [2.45, 2.75) is 36.6 Å². The van der Waals surface area contributed by atoms with Crippen molar-refractivity contribution in [3.63, 3.8) is 0 Å². The Balaban J connectivity index is 2.22. The summed E-state index contributed by atoms with van der Waals surface area (Å²) in [6.07, 6.45) is 1.55. The van der Waals surface area contributed by atoms with Gasteiger partial charge >= 0.3 is 5.97 Å². The van der Waals surface area contributed by atoms with Gasteiger partial charge < -0.3 is 5.11 Å². The molecule has 1 atom stereocenters. The Morgan fingerprint density at radius 3 is 2.75 bits per heavy atom. The van der Waals surface area contributed by atoms with Crippen molar-refractivity contribution in [3.05, 3.63) is 23.9 Å². The van der Waals surface area contributed by atoms with E-state index >= 15 is 0 Å². The van der Waals surface area contributed by atoms with Crippen molar-refractivity contribution >= 4 is 29.5 Å². The number of aromatic nitrogens is 1. The molecule has 1 fully saturated rings. The van der Waals surface area contributed by atoms with Crippen LogP contribution >= 0.6 is 11.8 Å². The highest BCUT2D eigenvalue weighted by atomic mass is 32.2. The molecule has 1 aromatic heterocycles. The number of amides is 2. The summed E-state index contributed by atoms with van der Waals surface area (Å²) < 4.78 is 0.